The SMILES string of the molecule is CC(C)c1ccc([C@H](CC2CC2)N2CCNCC2)cc1. The van der Waals surface area contributed by atoms with Crippen molar-refractivity contribution in [3.63, 3.8) is 0 Å². The van der Waals surface area contributed by atoms with E-state index in [9.17, 15) is 0 Å². The van der Waals surface area contributed by atoms with Crippen LogP contribution in [-0.4, -0.2) is 31.1 Å². The molecule has 1 aliphatic carbocycles. The van der Waals surface area contributed by atoms with Gasteiger partial charge in [0, 0.05) is 32.2 Å². The van der Waals surface area contributed by atoms with Gasteiger partial charge in [-0.1, -0.05) is 51.0 Å². The zero-order valence-electron chi connectivity index (χ0n) is 12.9. The summed E-state index contributed by atoms with van der Waals surface area (Å²) in [5.74, 6) is 1.62. The van der Waals surface area contributed by atoms with Gasteiger partial charge < -0.3 is 5.32 Å². The predicted molar refractivity (Wildman–Crippen MR) is 85.1 cm³/mol. The van der Waals surface area contributed by atoms with E-state index in [0.717, 1.165) is 19.0 Å². The zero-order valence-corrected chi connectivity index (χ0v) is 12.9. The lowest BCUT2D eigenvalue weighted by Gasteiger charge is -2.35. The number of nitrogens with one attached hydrogen (secondary N) is 1. The third-order valence-corrected chi connectivity index (χ3v) is 4.83. The second-order valence-electron chi connectivity index (χ2n) is 6.80. The van der Waals surface area contributed by atoms with Crippen LogP contribution in [0, 0.1) is 5.92 Å². The largest absolute Gasteiger partial charge is 0.314 e. The fraction of sp³-hybridized carbons (Fsp3) is 0.667. The molecule has 2 nitrogen and oxygen atoms in total. The van der Waals surface area contributed by atoms with Gasteiger partial charge in [0.15, 0.2) is 0 Å². The van der Waals surface area contributed by atoms with Crippen LogP contribution < -0.4 is 5.32 Å². The van der Waals surface area contributed by atoms with Crippen molar-refractivity contribution in [2.75, 3.05) is 26.2 Å². The van der Waals surface area contributed by atoms with Crippen LogP contribution >= 0.6 is 0 Å². The molecule has 0 unspecified atom stereocenters. The molecule has 3 rings (SSSR count). The summed E-state index contributed by atoms with van der Waals surface area (Å²) in [5.41, 5.74) is 2.99. The molecule has 1 N–H and O–H groups in total. The van der Waals surface area contributed by atoms with Crippen LogP contribution in [0.5, 0.6) is 0 Å². The van der Waals surface area contributed by atoms with E-state index in [-0.39, 0.29) is 0 Å². The highest BCUT2D eigenvalue weighted by Crippen LogP contribution is 2.40. The number of rotatable bonds is 5. The van der Waals surface area contributed by atoms with Crippen molar-refractivity contribution in [3.05, 3.63) is 35.4 Å². The summed E-state index contributed by atoms with van der Waals surface area (Å²) in [7, 11) is 0. The second kappa shape index (κ2) is 6.28. The lowest BCUT2D eigenvalue weighted by molar-refractivity contribution is 0.160. The molecule has 110 valence electrons. The lowest BCUT2D eigenvalue weighted by atomic mass is 9.95. The van der Waals surface area contributed by atoms with Gasteiger partial charge in [0.2, 0.25) is 0 Å². The molecule has 1 saturated heterocycles. The third kappa shape index (κ3) is 3.42. The van der Waals surface area contributed by atoms with Gasteiger partial charge >= 0.3 is 0 Å². The normalized spacial score (nSPS) is 22.1. The van der Waals surface area contributed by atoms with Gasteiger partial charge in [0.05, 0.1) is 0 Å². The van der Waals surface area contributed by atoms with Crippen LogP contribution in [0.25, 0.3) is 0 Å². The molecule has 1 heterocycles. The molecule has 0 amide bonds. The first-order chi connectivity index (χ1) is 9.74. The Morgan fingerprint density at radius 2 is 1.65 bits per heavy atom. The Bertz CT molecular complexity index is 414. The lowest BCUT2D eigenvalue weighted by Crippen LogP contribution is -2.45. The molecule has 0 aromatic heterocycles. The number of hydrogen-bond donors (Lipinski definition) is 1. The maximum atomic E-state index is 3.47. The van der Waals surface area contributed by atoms with Crippen molar-refractivity contribution in [1.82, 2.24) is 10.2 Å². The quantitative estimate of drug-likeness (QED) is 0.881. The van der Waals surface area contributed by atoms with Gasteiger partial charge in [0.1, 0.15) is 0 Å². The van der Waals surface area contributed by atoms with Gasteiger partial charge in [-0.05, 0) is 29.4 Å². The summed E-state index contributed by atoms with van der Waals surface area (Å²) in [6, 6.07) is 10.1. The highest BCUT2D eigenvalue weighted by Gasteiger charge is 2.30. The summed E-state index contributed by atoms with van der Waals surface area (Å²) in [6.07, 6.45) is 4.26. The molecular weight excluding hydrogens is 244 g/mol. The van der Waals surface area contributed by atoms with Crippen molar-refractivity contribution in [2.24, 2.45) is 5.92 Å². The third-order valence-electron chi connectivity index (χ3n) is 4.83. The standard InChI is InChI=1S/C18H28N2/c1-14(2)16-5-7-17(8-6-16)18(13-15-3-4-15)20-11-9-19-10-12-20/h5-8,14-15,18-19H,3-4,9-13H2,1-2H3/t18-/m0/s1. The molecule has 1 aromatic rings. The van der Waals surface area contributed by atoms with Gasteiger partial charge in [-0.2, -0.15) is 0 Å². The molecule has 2 heteroatoms. The van der Waals surface area contributed by atoms with Gasteiger partial charge in [-0.15, -0.1) is 0 Å². The van der Waals surface area contributed by atoms with Crippen LogP contribution in [0.15, 0.2) is 24.3 Å². The second-order valence-corrected chi connectivity index (χ2v) is 6.80. The Morgan fingerprint density at radius 1 is 1.05 bits per heavy atom. The number of benzene rings is 1. The van der Waals surface area contributed by atoms with Crippen molar-refractivity contribution < 1.29 is 0 Å². The van der Waals surface area contributed by atoms with E-state index >= 15 is 0 Å². The number of hydrogen-bond acceptors (Lipinski definition) is 2. The van der Waals surface area contributed by atoms with E-state index in [4.69, 9.17) is 0 Å². The molecule has 0 spiro atoms. The van der Waals surface area contributed by atoms with E-state index in [1.807, 2.05) is 0 Å². The van der Waals surface area contributed by atoms with Gasteiger partial charge in [0.25, 0.3) is 0 Å². The maximum absolute atomic E-state index is 3.47. The molecular formula is C18H28N2. The van der Waals surface area contributed by atoms with E-state index in [1.165, 1.54) is 43.5 Å². The average Bonchev–Trinajstić information content (AvgIpc) is 3.30. The molecule has 1 aromatic carbocycles. The highest BCUT2D eigenvalue weighted by atomic mass is 15.2. The molecule has 2 fully saturated rings. The van der Waals surface area contributed by atoms with Crippen molar-refractivity contribution in [2.45, 2.75) is 45.1 Å². The first-order valence-electron chi connectivity index (χ1n) is 8.28. The smallest absolute Gasteiger partial charge is 0.0351 e. The number of piperazine rings is 1. The van der Waals surface area contributed by atoms with E-state index in [1.54, 1.807) is 0 Å². The molecule has 1 saturated carbocycles. The zero-order chi connectivity index (χ0) is 13.9. The fourth-order valence-corrected chi connectivity index (χ4v) is 3.26. The monoisotopic (exact) mass is 272 g/mol. The first kappa shape index (κ1) is 14.1. The van der Waals surface area contributed by atoms with Crippen LogP contribution in [0.1, 0.15) is 56.2 Å². The summed E-state index contributed by atoms with van der Waals surface area (Å²) in [5, 5.41) is 3.47. The highest BCUT2D eigenvalue weighted by molar-refractivity contribution is 5.27. The minimum Gasteiger partial charge on any atom is -0.314 e. The summed E-state index contributed by atoms with van der Waals surface area (Å²) in [6.45, 7) is 9.23. The molecule has 0 bridgehead atoms. The molecule has 0 radical (unpaired) electrons. The van der Waals surface area contributed by atoms with E-state index in [2.05, 4.69) is 48.3 Å². The van der Waals surface area contributed by atoms with Crippen LogP contribution in [0.2, 0.25) is 0 Å². The van der Waals surface area contributed by atoms with Crippen LogP contribution in [-0.2, 0) is 0 Å². The van der Waals surface area contributed by atoms with Crippen LogP contribution in [0.3, 0.4) is 0 Å². The fourth-order valence-electron chi connectivity index (χ4n) is 3.26. The minimum atomic E-state index is 0.630. The first-order valence-corrected chi connectivity index (χ1v) is 8.28. The predicted octanol–water partition coefficient (Wildman–Crippen LogP) is 3.56. The molecule has 20 heavy (non-hydrogen) atoms. The average molecular weight is 272 g/mol. The van der Waals surface area contributed by atoms with Gasteiger partial charge in [-0.3, -0.25) is 4.90 Å². The topological polar surface area (TPSA) is 15.3 Å². The van der Waals surface area contributed by atoms with Crippen molar-refractivity contribution >= 4 is 0 Å². The molecule has 1 atom stereocenters. The van der Waals surface area contributed by atoms with E-state index < -0.39 is 0 Å². The number of nitrogens with zero attached hydrogens (tertiary/aromatic N) is 1. The Morgan fingerprint density at radius 3 is 2.20 bits per heavy atom. The molecule has 1 aliphatic heterocycles. The summed E-state index contributed by atoms with van der Waals surface area (Å²) in [4.78, 5) is 2.69. The van der Waals surface area contributed by atoms with Crippen molar-refractivity contribution in [1.29, 1.82) is 0 Å². The minimum absolute atomic E-state index is 0.630. The van der Waals surface area contributed by atoms with Crippen LogP contribution in [0.4, 0.5) is 0 Å². The Labute approximate surface area is 123 Å². The summed E-state index contributed by atoms with van der Waals surface area (Å²) >= 11 is 0. The summed E-state index contributed by atoms with van der Waals surface area (Å²) < 4.78 is 0. The Hall–Kier alpha value is -0.860. The molecule has 2 aliphatic rings. The maximum Gasteiger partial charge on any atom is 0.0351 e. The van der Waals surface area contributed by atoms with E-state index in [0.29, 0.717) is 12.0 Å². The Balaban J connectivity index is 1.76. The van der Waals surface area contributed by atoms with Crippen molar-refractivity contribution in [3.8, 4) is 0 Å². The Kier molecular flexibility index (Phi) is 4.42. The van der Waals surface area contributed by atoms with Gasteiger partial charge in [-0.25, -0.2) is 0 Å².